The van der Waals surface area contributed by atoms with Crippen LogP contribution in [0, 0.1) is 0 Å². The summed E-state index contributed by atoms with van der Waals surface area (Å²) in [5.74, 6) is -0.135. The molecule has 1 amide bonds. The number of likely N-dealkylation sites (tertiary alicyclic amines) is 1. The van der Waals surface area contributed by atoms with Crippen LogP contribution in [0.4, 0.5) is 0 Å². The standard InChI is InChI=1S/C9H14N4O2/c10-4-9(15)12-5-7(8(14)6-12)13-3-1-2-11-13/h1-3,7-8,14H,4-6,10H2/t7-,8-/m0/s1. The lowest BCUT2D eigenvalue weighted by Gasteiger charge is -2.14. The zero-order valence-electron chi connectivity index (χ0n) is 8.28. The van der Waals surface area contributed by atoms with Crippen LogP contribution in [0.5, 0.6) is 0 Å². The maximum atomic E-state index is 11.3. The second-order valence-corrected chi connectivity index (χ2v) is 3.62. The Hall–Kier alpha value is -1.40. The summed E-state index contributed by atoms with van der Waals surface area (Å²) >= 11 is 0. The van der Waals surface area contributed by atoms with Gasteiger partial charge in [0.05, 0.1) is 18.7 Å². The molecule has 6 nitrogen and oxygen atoms in total. The van der Waals surface area contributed by atoms with E-state index in [1.165, 1.54) is 0 Å². The van der Waals surface area contributed by atoms with Gasteiger partial charge in [0.15, 0.2) is 0 Å². The number of amides is 1. The molecule has 0 bridgehead atoms. The van der Waals surface area contributed by atoms with E-state index in [1.54, 1.807) is 28.0 Å². The molecule has 1 aliphatic heterocycles. The minimum atomic E-state index is -0.569. The Morgan fingerprint density at radius 3 is 3.00 bits per heavy atom. The molecule has 0 saturated carbocycles. The van der Waals surface area contributed by atoms with E-state index in [2.05, 4.69) is 5.10 Å². The number of carbonyl (C=O) groups excluding carboxylic acids is 1. The summed E-state index contributed by atoms with van der Waals surface area (Å²) in [6, 6.07) is 1.63. The smallest absolute Gasteiger partial charge is 0.236 e. The molecule has 1 aromatic heterocycles. The van der Waals surface area contributed by atoms with Crippen molar-refractivity contribution in [2.24, 2.45) is 5.73 Å². The molecule has 2 heterocycles. The third-order valence-corrected chi connectivity index (χ3v) is 2.65. The van der Waals surface area contributed by atoms with Crippen molar-refractivity contribution in [2.45, 2.75) is 12.1 Å². The number of aromatic nitrogens is 2. The van der Waals surface area contributed by atoms with Crippen molar-refractivity contribution in [3.05, 3.63) is 18.5 Å². The summed E-state index contributed by atoms with van der Waals surface area (Å²) in [5, 5.41) is 13.8. The summed E-state index contributed by atoms with van der Waals surface area (Å²) in [5.41, 5.74) is 5.27. The largest absolute Gasteiger partial charge is 0.389 e. The molecule has 0 aromatic carbocycles. The molecule has 2 atom stereocenters. The lowest BCUT2D eigenvalue weighted by atomic mass is 10.2. The Morgan fingerprint density at radius 1 is 1.60 bits per heavy atom. The molecule has 2 rings (SSSR count). The average Bonchev–Trinajstić information content (AvgIpc) is 2.84. The second kappa shape index (κ2) is 4.00. The first-order valence-electron chi connectivity index (χ1n) is 4.87. The van der Waals surface area contributed by atoms with Gasteiger partial charge in [0.25, 0.3) is 0 Å². The van der Waals surface area contributed by atoms with Crippen LogP contribution in [0.1, 0.15) is 6.04 Å². The first-order chi connectivity index (χ1) is 7.22. The van der Waals surface area contributed by atoms with Gasteiger partial charge in [-0.3, -0.25) is 9.48 Å². The van der Waals surface area contributed by atoms with Gasteiger partial charge in [-0.1, -0.05) is 0 Å². The van der Waals surface area contributed by atoms with Gasteiger partial charge in [-0.25, -0.2) is 0 Å². The topological polar surface area (TPSA) is 84.4 Å². The van der Waals surface area contributed by atoms with Crippen molar-refractivity contribution >= 4 is 5.91 Å². The highest BCUT2D eigenvalue weighted by Crippen LogP contribution is 2.20. The number of aliphatic hydroxyl groups is 1. The highest BCUT2D eigenvalue weighted by molar-refractivity contribution is 5.78. The van der Waals surface area contributed by atoms with Gasteiger partial charge in [0, 0.05) is 25.5 Å². The zero-order valence-corrected chi connectivity index (χ0v) is 8.28. The number of hydrogen-bond donors (Lipinski definition) is 2. The molecule has 15 heavy (non-hydrogen) atoms. The Kier molecular flexibility index (Phi) is 2.70. The van der Waals surface area contributed by atoms with Crippen LogP contribution < -0.4 is 5.73 Å². The van der Waals surface area contributed by atoms with Crippen molar-refractivity contribution in [3.8, 4) is 0 Å². The fraction of sp³-hybridized carbons (Fsp3) is 0.556. The van der Waals surface area contributed by atoms with Crippen molar-refractivity contribution in [1.82, 2.24) is 14.7 Å². The van der Waals surface area contributed by atoms with Crippen molar-refractivity contribution < 1.29 is 9.90 Å². The van der Waals surface area contributed by atoms with Crippen LogP contribution in [-0.4, -0.2) is 51.4 Å². The Labute approximate surface area is 87.3 Å². The molecule has 1 aliphatic rings. The van der Waals surface area contributed by atoms with Gasteiger partial charge in [-0.2, -0.15) is 5.10 Å². The lowest BCUT2D eigenvalue weighted by molar-refractivity contribution is -0.129. The fourth-order valence-electron chi connectivity index (χ4n) is 1.84. The minimum Gasteiger partial charge on any atom is -0.389 e. The quantitative estimate of drug-likeness (QED) is 0.628. The third-order valence-electron chi connectivity index (χ3n) is 2.65. The second-order valence-electron chi connectivity index (χ2n) is 3.62. The number of rotatable bonds is 2. The van der Waals surface area contributed by atoms with Crippen LogP contribution in [0.25, 0.3) is 0 Å². The molecule has 0 spiro atoms. The van der Waals surface area contributed by atoms with E-state index in [-0.39, 0.29) is 18.5 Å². The monoisotopic (exact) mass is 210 g/mol. The van der Waals surface area contributed by atoms with E-state index in [0.717, 1.165) is 0 Å². The molecule has 82 valence electrons. The summed E-state index contributed by atoms with van der Waals surface area (Å²) in [7, 11) is 0. The van der Waals surface area contributed by atoms with E-state index in [9.17, 15) is 9.90 Å². The van der Waals surface area contributed by atoms with E-state index in [0.29, 0.717) is 13.1 Å². The number of hydrogen-bond acceptors (Lipinski definition) is 4. The van der Waals surface area contributed by atoms with Crippen LogP contribution in [-0.2, 0) is 4.79 Å². The predicted octanol–water partition coefficient (Wildman–Crippen LogP) is -1.41. The Bertz CT molecular complexity index is 338. The summed E-state index contributed by atoms with van der Waals surface area (Å²) in [6.45, 7) is 0.790. The van der Waals surface area contributed by atoms with Crippen LogP contribution in [0.3, 0.4) is 0 Å². The number of aliphatic hydroxyl groups excluding tert-OH is 1. The molecule has 6 heteroatoms. The first kappa shape index (κ1) is 10.1. The highest BCUT2D eigenvalue weighted by Gasteiger charge is 2.34. The predicted molar refractivity (Wildman–Crippen MR) is 52.9 cm³/mol. The summed E-state index contributed by atoms with van der Waals surface area (Å²) < 4.78 is 1.68. The third kappa shape index (κ3) is 1.86. The van der Waals surface area contributed by atoms with Crippen LogP contribution in [0.15, 0.2) is 18.5 Å². The number of β-amino-alcohol motifs (C(OH)–C–C–N with tert-alkyl or cyclic N) is 1. The lowest BCUT2D eigenvalue weighted by Crippen LogP contribution is -2.34. The SMILES string of the molecule is NCC(=O)N1C[C@H](O)[C@@H](n2cccn2)C1. The fourth-order valence-corrected chi connectivity index (χ4v) is 1.84. The average molecular weight is 210 g/mol. The number of nitrogens with zero attached hydrogens (tertiary/aromatic N) is 3. The van der Waals surface area contributed by atoms with Gasteiger partial charge in [-0.05, 0) is 6.07 Å². The van der Waals surface area contributed by atoms with Crippen LogP contribution >= 0.6 is 0 Å². The maximum absolute atomic E-state index is 11.3. The van der Waals surface area contributed by atoms with Gasteiger partial charge >= 0.3 is 0 Å². The minimum absolute atomic E-state index is 0.0153. The Morgan fingerprint density at radius 2 is 2.40 bits per heavy atom. The summed E-state index contributed by atoms with van der Waals surface area (Å²) in [6.07, 6.45) is 2.87. The van der Waals surface area contributed by atoms with Crippen molar-refractivity contribution in [2.75, 3.05) is 19.6 Å². The molecular weight excluding hydrogens is 196 g/mol. The molecule has 1 aromatic rings. The van der Waals surface area contributed by atoms with E-state index in [1.807, 2.05) is 0 Å². The molecule has 1 saturated heterocycles. The van der Waals surface area contributed by atoms with E-state index in [4.69, 9.17) is 5.73 Å². The van der Waals surface area contributed by atoms with Gasteiger partial charge < -0.3 is 15.7 Å². The molecule has 0 aliphatic carbocycles. The number of carbonyl (C=O) groups is 1. The normalized spacial score (nSPS) is 25.9. The molecule has 0 radical (unpaired) electrons. The first-order valence-corrected chi connectivity index (χ1v) is 4.87. The van der Waals surface area contributed by atoms with Gasteiger partial charge in [-0.15, -0.1) is 0 Å². The number of nitrogens with two attached hydrogens (primary N) is 1. The van der Waals surface area contributed by atoms with Crippen molar-refractivity contribution in [3.63, 3.8) is 0 Å². The molecule has 0 unspecified atom stereocenters. The maximum Gasteiger partial charge on any atom is 0.236 e. The van der Waals surface area contributed by atoms with Crippen molar-refractivity contribution in [1.29, 1.82) is 0 Å². The summed E-state index contributed by atoms with van der Waals surface area (Å²) in [4.78, 5) is 12.9. The molecular formula is C9H14N4O2. The van der Waals surface area contributed by atoms with E-state index >= 15 is 0 Å². The molecule has 1 fully saturated rings. The van der Waals surface area contributed by atoms with Gasteiger partial charge in [0.1, 0.15) is 0 Å². The Balaban J connectivity index is 2.08. The van der Waals surface area contributed by atoms with E-state index < -0.39 is 6.10 Å². The van der Waals surface area contributed by atoms with Crippen LogP contribution in [0.2, 0.25) is 0 Å². The zero-order chi connectivity index (χ0) is 10.8. The van der Waals surface area contributed by atoms with Gasteiger partial charge in [0.2, 0.25) is 5.91 Å². The molecule has 3 N–H and O–H groups in total. The highest BCUT2D eigenvalue weighted by atomic mass is 16.3.